The molecule has 2 aromatic rings. The smallest absolute Gasteiger partial charge is 0.295 e. The van der Waals surface area contributed by atoms with Crippen molar-refractivity contribution in [2.45, 2.75) is 51.1 Å². The number of methoxy groups -OCH3 is 1. The van der Waals surface area contributed by atoms with Crippen LogP contribution in [-0.4, -0.2) is 34.8 Å². The van der Waals surface area contributed by atoms with Gasteiger partial charge in [0.05, 0.1) is 23.3 Å². The Labute approximate surface area is 195 Å². The van der Waals surface area contributed by atoms with Crippen LogP contribution in [0, 0.1) is 6.92 Å². The summed E-state index contributed by atoms with van der Waals surface area (Å²) in [6.45, 7) is 1.95. The van der Waals surface area contributed by atoms with Crippen molar-refractivity contribution < 1.29 is 19.4 Å². The second kappa shape index (κ2) is 8.85. The van der Waals surface area contributed by atoms with Crippen molar-refractivity contribution in [1.82, 2.24) is 4.90 Å². The molecular weight excluding hydrogens is 457 g/mol. The minimum absolute atomic E-state index is 0.0353. The maximum atomic E-state index is 13.2. The predicted octanol–water partition coefficient (Wildman–Crippen LogP) is 6.13. The number of hydrogen-bond donors (Lipinski definition) is 1. The lowest BCUT2D eigenvalue weighted by atomic mass is 9.92. The Balaban J connectivity index is 1.94. The maximum Gasteiger partial charge on any atom is 0.295 e. The number of ketones is 1. The largest absolute Gasteiger partial charge is 0.507 e. The minimum Gasteiger partial charge on any atom is -0.507 e. The zero-order valence-electron chi connectivity index (χ0n) is 17.3. The van der Waals surface area contributed by atoms with Crippen LogP contribution in [0.1, 0.15) is 54.1 Å². The van der Waals surface area contributed by atoms with E-state index < -0.39 is 17.7 Å². The predicted molar refractivity (Wildman–Crippen MR) is 123 cm³/mol. The number of nitrogens with zero attached hydrogens (tertiary/aromatic N) is 1. The lowest BCUT2D eigenvalue weighted by Gasteiger charge is -2.35. The third-order valence-corrected chi connectivity index (χ3v) is 7.64. The molecule has 5 nitrogen and oxygen atoms in total. The molecule has 2 fully saturated rings. The number of aliphatic hydroxyl groups excluding tert-OH is 1. The molecule has 4 rings (SSSR count). The van der Waals surface area contributed by atoms with E-state index in [1.54, 1.807) is 4.90 Å². The van der Waals surface area contributed by atoms with E-state index in [-0.39, 0.29) is 38.7 Å². The maximum absolute atomic E-state index is 13.2. The number of amides is 1. The Hall–Kier alpha value is -2.02. The van der Waals surface area contributed by atoms with E-state index in [0.717, 1.165) is 42.5 Å². The molecule has 2 aliphatic rings. The van der Waals surface area contributed by atoms with Crippen LogP contribution in [0.15, 0.2) is 29.2 Å². The third-order valence-electron chi connectivity index (χ3n) is 6.07. The molecule has 1 unspecified atom stereocenters. The summed E-state index contributed by atoms with van der Waals surface area (Å²) in [5.41, 5.74) is 1.22. The van der Waals surface area contributed by atoms with Crippen molar-refractivity contribution in [2.75, 3.05) is 7.11 Å². The molecule has 0 spiro atoms. The highest BCUT2D eigenvalue weighted by molar-refractivity contribution is 7.10. The Morgan fingerprint density at radius 1 is 1.19 bits per heavy atom. The average molecular weight is 480 g/mol. The molecular formula is C23H23Cl2NO4S. The molecule has 1 saturated heterocycles. The van der Waals surface area contributed by atoms with Gasteiger partial charge in [-0.2, -0.15) is 0 Å². The fourth-order valence-electron chi connectivity index (χ4n) is 4.60. The summed E-state index contributed by atoms with van der Waals surface area (Å²) in [7, 11) is 1.42. The molecule has 1 amide bonds. The Morgan fingerprint density at radius 2 is 1.90 bits per heavy atom. The van der Waals surface area contributed by atoms with E-state index in [1.165, 1.54) is 30.6 Å². The molecule has 2 heterocycles. The number of aliphatic hydroxyl groups is 1. The molecule has 31 heavy (non-hydrogen) atoms. The summed E-state index contributed by atoms with van der Waals surface area (Å²) in [5.74, 6) is -1.39. The second-order valence-electron chi connectivity index (χ2n) is 7.93. The molecule has 1 aromatic heterocycles. The number of Topliss-reactive ketones (excluding diaryl/α,β-unsaturated/α-hetero) is 1. The van der Waals surface area contributed by atoms with E-state index in [4.69, 9.17) is 27.9 Å². The number of carbonyl (C=O) groups is 2. The molecule has 0 radical (unpaired) electrons. The summed E-state index contributed by atoms with van der Waals surface area (Å²) in [6, 6.07) is 4.27. The number of benzene rings is 1. The van der Waals surface area contributed by atoms with Crippen molar-refractivity contribution in [1.29, 1.82) is 0 Å². The van der Waals surface area contributed by atoms with Crippen molar-refractivity contribution in [3.63, 3.8) is 0 Å². The van der Waals surface area contributed by atoms with Crippen LogP contribution in [0.3, 0.4) is 0 Å². The second-order valence-corrected chi connectivity index (χ2v) is 9.73. The zero-order valence-corrected chi connectivity index (χ0v) is 19.6. The summed E-state index contributed by atoms with van der Waals surface area (Å²) >= 11 is 13.9. The van der Waals surface area contributed by atoms with E-state index in [2.05, 4.69) is 0 Å². The fraction of sp³-hybridized carbons (Fsp3) is 0.391. The molecule has 164 valence electrons. The van der Waals surface area contributed by atoms with Gasteiger partial charge in [-0.05, 0) is 48.9 Å². The number of ether oxygens (including phenoxy) is 1. The van der Waals surface area contributed by atoms with Gasteiger partial charge in [0.2, 0.25) is 0 Å². The topological polar surface area (TPSA) is 66.8 Å². The van der Waals surface area contributed by atoms with Gasteiger partial charge in [0.25, 0.3) is 11.7 Å². The van der Waals surface area contributed by atoms with Gasteiger partial charge in [-0.3, -0.25) is 9.59 Å². The first-order valence-electron chi connectivity index (χ1n) is 10.2. The Morgan fingerprint density at radius 3 is 2.52 bits per heavy atom. The fourth-order valence-corrected chi connectivity index (χ4v) is 6.20. The number of aryl methyl sites for hydroxylation is 1. The van der Waals surface area contributed by atoms with Gasteiger partial charge in [0, 0.05) is 15.9 Å². The molecule has 1 aliphatic heterocycles. The first-order chi connectivity index (χ1) is 14.8. The first kappa shape index (κ1) is 22.2. The molecule has 0 bridgehead atoms. The number of likely N-dealkylation sites (tertiary alicyclic amines) is 1. The minimum atomic E-state index is -0.695. The highest BCUT2D eigenvalue weighted by atomic mass is 35.5. The van der Waals surface area contributed by atoms with Crippen molar-refractivity contribution in [3.05, 3.63) is 55.2 Å². The van der Waals surface area contributed by atoms with Crippen LogP contribution >= 0.6 is 34.5 Å². The van der Waals surface area contributed by atoms with Crippen LogP contribution in [-0.2, 0) is 9.59 Å². The summed E-state index contributed by atoms with van der Waals surface area (Å²) in [5, 5.41) is 13.8. The van der Waals surface area contributed by atoms with Crippen LogP contribution in [0.25, 0.3) is 5.76 Å². The molecule has 8 heteroatoms. The van der Waals surface area contributed by atoms with Gasteiger partial charge in [-0.15, -0.1) is 11.3 Å². The van der Waals surface area contributed by atoms with Crippen LogP contribution in [0.2, 0.25) is 10.0 Å². The monoisotopic (exact) mass is 479 g/mol. The lowest BCUT2D eigenvalue weighted by molar-refractivity contribution is -0.141. The number of hydrogen-bond acceptors (Lipinski definition) is 5. The quantitative estimate of drug-likeness (QED) is 0.325. The number of rotatable bonds is 4. The van der Waals surface area contributed by atoms with Crippen molar-refractivity contribution >= 4 is 52.0 Å². The zero-order chi connectivity index (χ0) is 22.3. The van der Waals surface area contributed by atoms with Crippen LogP contribution in [0.5, 0.6) is 5.75 Å². The summed E-state index contributed by atoms with van der Waals surface area (Å²) < 4.78 is 5.37. The number of halogens is 2. The van der Waals surface area contributed by atoms with E-state index in [1.807, 2.05) is 18.4 Å². The Bertz CT molecular complexity index is 1070. The van der Waals surface area contributed by atoms with Crippen LogP contribution in [0.4, 0.5) is 0 Å². The highest BCUT2D eigenvalue weighted by Gasteiger charge is 2.50. The highest BCUT2D eigenvalue weighted by Crippen LogP contribution is 2.47. The van der Waals surface area contributed by atoms with Gasteiger partial charge in [-0.25, -0.2) is 0 Å². The molecule has 1 aromatic carbocycles. The normalized spacial score (nSPS) is 21.7. The van der Waals surface area contributed by atoms with Crippen LogP contribution < -0.4 is 4.74 Å². The number of carbonyl (C=O) groups excluding carboxylic acids is 2. The SMILES string of the molecule is COc1c(Cl)cc(Cl)cc1/C(O)=C1\C(=O)C(=O)N(C2CCCCC2)C1c1sccc1C. The molecule has 1 saturated carbocycles. The van der Waals surface area contributed by atoms with E-state index >= 15 is 0 Å². The van der Waals surface area contributed by atoms with Gasteiger partial charge >= 0.3 is 0 Å². The van der Waals surface area contributed by atoms with Gasteiger partial charge < -0.3 is 14.7 Å². The van der Waals surface area contributed by atoms with Crippen molar-refractivity contribution in [2.24, 2.45) is 0 Å². The van der Waals surface area contributed by atoms with E-state index in [0.29, 0.717) is 0 Å². The molecule has 1 N–H and O–H groups in total. The third kappa shape index (κ3) is 3.86. The lowest BCUT2D eigenvalue weighted by Crippen LogP contribution is -2.40. The standard InChI is InChI=1S/C23H23Cl2NO4S/c1-12-8-9-31-22(12)18-17(19(27)15-10-13(24)11-16(25)21(15)30-2)20(28)23(29)26(18)14-6-4-3-5-7-14/h8-11,14,18,27H,3-7H2,1-2H3/b19-17+. The van der Waals surface area contributed by atoms with E-state index in [9.17, 15) is 14.7 Å². The van der Waals surface area contributed by atoms with Crippen molar-refractivity contribution in [3.8, 4) is 5.75 Å². The van der Waals surface area contributed by atoms with Gasteiger partial charge in [0.1, 0.15) is 17.6 Å². The molecule has 1 aliphatic carbocycles. The molecule has 1 atom stereocenters. The summed E-state index contributed by atoms with van der Waals surface area (Å²) in [4.78, 5) is 29.0. The van der Waals surface area contributed by atoms with Gasteiger partial charge in [0.15, 0.2) is 0 Å². The summed E-state index contributed by atoms with van der Waals surface area (Å²) in [6.07, 6.45) is 4.85. The first-order valence-corrected chi connectivity index (χ1v) is 11.9. The van der Waals surface area contributed by atoms with Gasteiger partial charge in [-0.1, -0.05) is 42.5 Å². The number of thiophene rings is 1. The average Bonchev–Trinajstić information content (AvgIpc) is 3.28. The Kier molecular flexibility index (Phi) is 6.33.